The van der Waals surface area contributed by atoms with Crippen molar-refractivity contribution in [1.29, 1.82) is 0 Å². The monoisotopic (exact) mass is 223 g/mol. The van der Waals surface area contributed by atoms with Gasteiger partial charge in [-0.05, 0) is 19.8 Å². The molecule has 0 aliphatic rings. The first-order chi connectivity index (χ1) is 7.51. The standard InChI is InChI=1S/C12H21N3O/c1-7(2)10-8(3)14-11(9(4)16-6)15-12(10)13-5/h7,9H,1-6H3,(H,13,14,15). The third kappa shape index (κ3) is 2.50. The summed E-state index contributed by atoms with van der Waals surface area (Å²) in [7, 11) is 3.55. The second-order valence-electron chi connectivity index (χ2n) is 4.21. The molecule has 1 N–H and O–H groups in total. The highest BCUT2D eigenvalue weighted by atomic mass is 16.5. The van der Waals surface area contributed by atoms with Gasteiger partial charge in [-0.3, -0.25) is 0 Å². The summed E-state index contributed by atoms with van der Waals surface area (Å²) in [5.74, 6) is 2.05. The molecule has 0 saturated heterocycles. The third-order valence-electron chi connectivity index (χ3n) is 2.68. The summed E-state index contributed by atoms with van der Waals surface area (Å²) in [6, 6.07) is 0. The Bertz CT molecular complexity index is 364. The van der Waals surface area contributed by atoms with Gasteiger partial charge < -0.3 is 10.1 Å². The fraction of sp³-hybridized carbons (Fsp3) is 0.667. The van der Waals surface area contributed by atoms with Gasteiger partial charge in [0.2, 0.25) is 0 Å². The van der Waals surface area contributed by atoms with E-state index in [0.29, 0.717) is 5.92 Å². The van der Waals surface area contributed by atoms with Crippen LogP contribution in [-0.4, -0.2) is 24.1 Å². The van der Waals surface area contributed by atoms with Gasteiger partial charge in [0.25, 0.3) is 0 Å². The second-order valence-corrected chi connectivity index (χ2v) is 4.21. The number of rotatable bonds is 4. The molecule has 4 nitrogen and oxygen atoms in total. The quantitative estimate of drug-likeness (QED) is 0.852. The number of ether oxygens (including phenoxy) is 1. The predicted molar refractivity (Wildman–Crippen MR) is 65.8 cm³/mol. The molecule has 1 aromatic heterocycles. The Morgan fingerprint density at radius 3 is 2.25 bits per heavy atom. The van der Waals surface area contributed by atoms with Crippen molar-refractivity contribution in [1.82, 2.24) is 9.97 Å². The maximum Gasteiger partial charge on any atom is 0.159 e. The predicted octanol–water partition coefficient (Wildman–Crippen LogP) is 2.66. The van der Waals surface area contributed by atoms with E-state index >= 15 is 0 Å². The lowest BCUT2D eigenvalue weighted by Gasteiger charge is -2.17. The van der Waals surface area contributed by atoms with Gasteiger partial charge >= 0.3 is 0 Å². The van der Waals surface area contributed by atoms with Crippen LogP contribution >= 0.6 is 0 Å². The summed E-state index contributed by atoms with van der Waals surface area (Å²) < 4.78 is 5.24. The van der Waals surface area contributed by atoms with Crippen LogP contribution in [0.2, 0.25) is 0 Å². The lowest BCUT2D eigenvalue weighted by atomic mass is 10.0. The van der Waals surface area contributed by atoms with Crippen molar-refractivity contribution in [3.05, 3.63) is 17.1 Å². The number of nitrogens with zero attached hydrogens (tertiary/aromatic N) is 2. The molecule has 1 heterocycles. The molecular formula is C12H21N3O. The van der Waals surface area contributed by atoms with Gasteiger partial charge in [0, 0.05) is 25.4 Å². The fourth-order valence-electron chi connectivity index (χ4n) is 1.77. The maximum absolute atomic E-state index is 5.24. The van der Waals surface area contributed by atoms with Crippen LogP contribution < -0.4 is 5.32 Å². The summed E-state index contributed by atoms with van der Waals surface area (Å²) in [6.07, 6.45) is -0.0768. The van der Waals surface area contributed by atoms with Crippen molar-refractivity contribution in [2.75, 3.05) is 19.5 Å². The minimum Gasteiger partial charge on any atom is -0.374 e. The molecule has 1 unspecified atom stereocenters. The van der Waals surface area contributed by atoms with Crippen molar-refractivity contribution in [3.63, 3.8) is 0 Å². The van der Waals surface area contributed by atoms with Crippen molar-refractivity contribution in [2.45, 2.75) is 39.7 Å². The van der Waals surface area contributed by atoms with Crippen LogP contribution in [0.25, 0.3) is 0 Å². The number of nitrogens with one attached hydrogen (secondary N) is 1. The van der Waals surface area contributed by atoms with E-state index in [1.807, 2.05) is 20.9 Å². The summed E-state index contributed by atoms with van der Waals surface area (Å²) in [5, 5.41) is 3.13. The average molecular weight is 223 g/mol. The Kier molecular flexibility index (Phi) is 4.24. The van der Waals surface area contributed by atoms with E-state index in [2.05, 4.69) is 29.1 Å². The topological polar surface area (TPSA) is 47.0 Å². The van der Waals surface area contributed by atoms with E-state index < -0.39 is 0 Å². The van der Waals surface area contributed by atoms with Gasteiger partial charge in [-0.2, -0.15) is 0 Å². The summed E-state index contributed by atoms with van der Waals surface area (Å²) in [4.78, 5) is 8.99. The molecule has 0 saturated carbocycles. The highest BCUT2D eigenvalue weighted by Crippen LogP contribution is 2.26. The molecule has 0 fully saturated rings. The molecule has 1 aromatic rings. The summed E-state index contributed by atoms with van der Waals surface area (Å²) >= 11 is 0. The summed E-state index contributed by atoms with van der Waals surface area (Å²) in [5.41, 5.74) is 2.20. The minimum absolute atomic E-state index is 0.0768. The van der Waals surface area contributed by atoms with Gasteiger partial charge in [-0.25, -0.2) is 9.97 Å². The third-order valence-corrected chi connectivity index (χ3v) is 2.68. The fourth-order valence-corrected chi connectivity index (χ4v) is 1.77. The van der Waals surface area contributed by atoms with Gasteiger partial charge in [0.1, 0.15) is 11.9 Å². The van der Waals surface area contributed by atoms with Gasteiger partial charge in [0.05, 0.1) is 0 Å². The molecule has 0 spiro atoms. The number of anilines is 1. The summed E-state index contributed by atoms with van der Waals surface area (Å²) in [6.45, 7) is 8.25. The zero-order valence-electron chi connectivity index (χ0n) is 11.0. The zero-order chi connectivity index (χ0) is 12.3. The Balaban J connectivity index is 3.26. The largest absolute Gasteiger partial charge is 0.374 e. The van der Waals surface area contributed by atoms with Gasteiger partial charge in [-0.15, -0.1) is 0 Å². The lowest BCUT2D eigenvalue weighted by molar-refractivity contribution is 0.112. The zero-order valence-corrected chi connectivity index (χ0v) is 11.0. The molecule has 0 bridgehead atoms. The Morgan fingerprint density at radius 2 is 1.81 bits per heavy atom. The van der Waals surface area contributed by atoms with E-state index in [1.54, 1.807) is 7.11 Å². The second kappa shape index (κ2) is 5.25. The van der Waals surface area contributed by atoms with Crippen LogP contribution in [-0.2, 0) is 4.74 Å². The normalized spacial score (nSPS) is 12.9. The number of hydrogen-bond acceptors (Lipinski definition) is 4. The first kappa shape index (κ1) is 12.9. The van der Waals surface area contributed by atoms with Crippen LogP contribution in [0.4, 0.5) is 5.82 Å². The van der Waals surface area contributed by atoms with Crippen LogP contribution in [0.1, 0.15) is 49.9 Å². The lowest BCUT2D eigenvalue weighted by Crippen LogP contribution is -2.11. The van der Waals surface area contributed by atoms with Crippen LogP contribution in [0.5, 0.6) is 0 Å². The first-order valence-corrected chi connectivity index (χ1v) is 5.60. The molecule has 4 heteroatoms. The van der Waals surface area contributed by atoms with Crippen LogP contribution in [0.3, 0.4) is 0 Å². The number of aryl methyl sites for hydroxylation is 1. The van der Waals surface area contributed by atoms with Crippen LogP contribution in [0, 0.1) is 6.92 Å². The Morgan fingerprint density at radius 1 is 1.19 bits per heavy atom. The highest BCUT2D eigenvalue weighted by Gasteiger charge is 2.16. The molecule has 16 heavy (non-hydrogen) atoms. The van der Waals surface area contributed by atoms with Crippen molar-refractivity contribution in [2.24, 2.45) is 0 Å². The molecule has 0 aromatic carbocycles. The van der Waals surface area contributed by atoms with Gasteiger partial charge in [-0.1, -0.05) is 13.8 Å². The smallest absolute Gasteiger partial charge is 0.159 e. The van der Waals surface area contributed by atoms with E-state index in [9.17, 15) is 0 Å². The SMILES string of the molecule is CNc1nc(C(C)OC)nc(C)c1C(C)C. The van der Waals surface area contributed by atoms with Crippen molar-refractivity contribution < 1.29 is 4.74 Å². The van der Waals surface area contributed by atoms with Crippen molar-refractivity contribution >= 4 is 5.82 Å². The molecule has 90 valence electrons. The number of methoxy groups -OCH3 is 1. The molecule has 0 aliphatic carbocycles. The number of aromatic nitrogens is 2. The van der Waals surface area contributed by atoms with Crippen LogP contribution in [0.15, 0.2) is 0 Å². The Labute approximate surface area is 97.5 Å². The minimum atomic E-state index is -0.0768. The molecule has 0 amide bonds. The maximum atomic E-state index is 5.24. The molecule has 0 radical (unpaired) electrons. The van der Waals surface area contributed by atoms with Gasteiger partial charge in [0.15, 0.2) is 5.82 Å². The molecule has 0 aliphatic heterocycles. The van der Waals surface area contributed by atoms with E-state index in [0.717, 1.165) is 17.3 Å². The molecule has 1 atom stereocenters. The van der Waals surface area contributed by atoms with E-state index in [-0.39, 0.29) is 6.10 Å². The Hall–Kier alpha value is -1.16. The molecule has 1 rings (SSSR count). The van der Waals surface area contributed by atoms with Crippen molar-refractivity contribution in [3.8, 4) is 0 Å². The highest BCUT2D eigenvalue weighted by molar-refractivity contribution is 5.47. The number of hydrogen-bond donors (Lipinski definition) is 1. The molecular weight excluding hydrogens is 202 g/mol. The average Bonchev–Trinajstić information content (AvgIpc) is 2.26. The van der Waals surface area contributed by atoms with E-state index in [4.69, 9.17) is 4.74 Å². The first-order valence-electron chi connectivity index (χ1n) is 5.60. The van der Waals surface area contributed by atoms with E-state index in [1.165, 1.54) is 5.56 Å².